The van der Waals surface area contributed by atoms with Crippen LogP contribution in [0.25, 0.3) is 9.88 Å². The predicted octanol–water partition coefficient (Wildman–Crippen LogP) is 3.83. The lowest BCUT2D eigenvalue weighted by atomic mass is 10.1. The summed E-state index contributed by atoms with van der Waals surface area (Å²) in [6.07, 6.45) is 10.3. The van der Waals surface area contributed by atoms with Crippen LogP contribution in [0.15, 0.2) is 6.07 Å². The van der Waals surface area contributed by atoms with Crippen molar-refractivity contribution in [3.8, 4) is 9.88 Å². The zero-order valence-electron chi connectivity index (χ0n) is 12.2. The Labute approximate surface area is 133 Å². The number of fused-ring (bicyclic) bond motifs is 1. The maximum Gasteiger partial charge on any atom is 0.157 e. The topological polar surface area (TPSA) is 37.8 Å². The smallest absolute Gasteiger partial charge is 0.157 e. The van der Waals surface area contributed by atoms with Gasteiger partial charge < -0.3 is 5.32 Å². The van der Waals surface area contributed by atoms with Crippen LogP contribution in [0.5, 0.6) is 0 Å². The highest BCUT2D eigenvalue weighted by Crippen LogP contribution is 2.36. The molecular formula is C16H21N3S2. The van der Waals surface area contributed by atoms with E-state index in [0.717, 1.165) is 24.0 Å². The fourth-order valence-corrected chi connectivity index (χ4v) is 5.03. The van der Waals surface area contributed by atoms with Gasteiger partial charge in [-0.15, -0.1) is 21.5 Å². The molecule has 2 aromatic rings. The number of thiophene rings is 1. The highest BCUT2D eigenvalue weighted by atomic mass is 32.1. The van der Waals surface area contributed by atoms with Crippen molar-refractivity contribution < 1.29 is 0 Å². The van der Waals surface area contributed by atoms with Crippen molar-refractivity contribution in [2.45, 2.75) is 57.4 Å². The molecule has 0 amide bonds. The van der Waals surface area contributed by atoms with E-state index in [9.17, 15) is 0 Å². The van der Waals surface area contributed by atoms with Gasteiger partial charge >= 0.3 is 0 Å². The molecule has 0 atom stereocenters. The molecule has 0 spiro atoms. The van der Waals surface area contributed by atoms with Crippen molar-refractivity contribution >= 4 is 22.7 Å². The van der Waals surface area contributed by atoms with Crippen LogP contribution in [0.3, 0.4) is 0 Å². The fourth-order valence-electron chi connectivity index (χ4n) is 2.90. The first-order valence-electron chi connectivity index (χ1n) is 8.06. The quantitative estimate of drug-likeness (QED) is 0.851. The average molecular weight is 319 g/mol. The number of nitrogens with zero attached hydrogens (tertiary/aromatic N) is 2. The van der Waals surface area contributed by atoms with Crippen LogP contribution in [-0.4, -0.2) is 22.8 Å². The van der Waals surface area contributed by atoms with Crippen molar-refractivity contribution in [2.75, 3.05) is 6.54 Å². The third-order valence-electron chi connectivity index (χ3n) is 4.27. The van der Waals surface area contributed by atoms with Gasteiger partial charge in [0.15, 0.2) is 5.01 Å². The summed E-state index contributed by atoms with van der Waals surface area (Å²) >= 11 is 3.72. The molecular weight excluding hydrogens is 298 g/mol. The van der Waals surface area contributed by atoms with E-state index in [1.165, 1.54) is 54.8 Å². The molecule has 0 unspecified atom stereocenters. The molecule has 0 aromatic carbocycles. The van der Waals surface area contributed by atoms with Gasteiger partial charge in [0, 0.05) is 23.9 Å². The second kappa shape index (κ2) is 6.15. The van der Waals surface area contributed by atoms with Gasteiger partial charge in [-0.3, -0.25) is 0 Å². The second-order valence-corrected chi connectivity index (χ2v) is 8.30. The molecule has 21 heavy (non-hydrogen) atoms. The van der Waals surface area contributed by atoms with Gasteiger partial charge in [0.05, 0.1) is 4.88 Å². The maximum atomic E-state index is 4.42. The Hall–Kier alpha value is -0.780. The van der Waals surface area contributed by atoms with Gasteiger partial charge in [0.2, 0.25) is 0 Å². The van der Waals surface area contributed by atoms with Crippen LogP contribution >= 0.6 is 22.7 Å². The van der Waals surface area contributed by atoms with Crippen molar-refractivity contribution in [1.29, 1.82) is 0 Å². The number of hydrogen-bond acceptors (Lipinski definition) is 5. The van der Waals surface area contributed by atoms with Crippen LogP contribution in [0, 0.1) is 0 Å². The maximum absolute atomic E-state index is 4.42. The molecule has 0 aliphatic heterocycles. The lowest BCUT2D eigenvalue weighted by Crippen LogP contribution is -2.19. The zero-order valence-corrected chi connectivity index (χ0v) is 13.9. The molecule has 0 radical (unpaired) electrons. The van der Waals surface area contributed by atoms with Crippen LogP contribution < -0.4 is 5.32 Å². The Morgan fingerprint density at radius 1 is 1.10 bits per heavy atom. The molecule has 5 heteroatoms. The van der Waals surface area contributed by atoms with Gasteiger partial charge in [0.25, 0.3) is 0 Å². The lowest BCUT2D eigenvalue weighted by Gasteiger charge is -1.97. The van der Waals surface area contributed by atoms with E-state index in [0.29, 0.717) is 0 Å². The third kappa shape index (κ3) is 3.35. The van der Waals surface area contributed by atoms with Crippen LogP contribution in [0.2, 0.25) is 0 Å². The van der Waals surface area contributed by atoms with Crippen LogP contribution in [-0.2, 0) is 19.3 Å². The van der Waals surface area contributed by atoms with Crippen molar-refractivity contribution in [1.82, 2.24) is 15.5 Å². The summed E-state index contributed by atoms with van der Waals surface area (Å²) < 4.78 is 0. The molecule has 4 rings (SSSR count). The van der Waals surface area contributed by atoms with Gasteiger partial charge in [-0.2, -0.15) is 0 Å². The highest BCUT2D eigenvalue weighted by molar-refractivity contribution is 7.21. The Balaban J connectivity index is 1.44. The van der Waals surface area contributed by atoms with Crippen molar-refractivity contribution in [3.63, 3.8) is 0 Å². The number of hydrogen-bond donors (Lipinski definition) is 1. The number of aromatic nitrogens is 2. The number of aryl methyl sites for hydroxylation is 2. The Morgan fingerprint density at radius 2 is 2.00 bits per heavy atom. The first kappa shape index (κ1) is 13.9. The van der Waals surface area contributed by atoms with E-state index in [4.69, 9.17) is 0 Å². The van der Waals surface area contributed by atoms with E-state index in [-0.39, 0.29) is 0 Å². The van der Waals surface area contributed by atoms with E-state index < -0.39 is 0 Å². The molecule has 0 saturated heterocycles. The summed E-state index contributed by atoms with van der Waals surface area (Å²) in [6, 6.07) is 3.16. The van der Waals surface area contributed by atoms with E-state index in [2.05, 4.69) is 21.6 Å². The first-order valence-corrected chi connectivity index (χ1v) is 9.69. The largest absolute Gasteiger partial charge is 0.314 e. The Morgan fingerprint density at radius 3 is 2.90 bits per heavy atom. The minimum Gasteiger partial charge on any atom is -0.314 e. The molecule has 112 valence electrons. The standard InChI is InChI=1S/C16H21N3S2/c1-2-4-11-10-14(20-13(11)5-3-1)16-19-18-15(21-16)8-9-17-12-6-7-12/h10,12,17H,1-9H2. The minimum absolute atomic E-state index is 0.783. The summed E-state index contributed by atoms with van der Waals surface area (Å²) in [4.78, 5) is 2.93. The molecule has 2 aliphatic rings. The molecule has 1 saturated carbocycles. The lowest BCUT2D eigenvalue weighted by molar-refractivity contribution is 0.677. The van der Waals surface area contributed by atoms with Gasteiger partial charge in [-0.25, -0.2) is 0 Å². The van der Waals surface area contributed by atoms with Crippen molar-refractivity contribution in [2.24, 2.45) is 0 Å². The summed E-state index contributed by atoms with van der Waals surface area (Å²) in [6.45, 7) is 1.04. The zero-order chi connectivity index (χ0) is 14.1. The summed E-state index contributed by atoms with van der Waals surface area (Å²) in [5.41, 5.74) is 1.57. The second-order valence-electron chi connectivity index (χ2n) is 6.10. The molecule has 2 heterocycles. The summed E-state index contributed by atoms with van der Waals surface area (Å²) in [7, 11) is 0. The van der Waals surface area contributed by atoms with E-state index in [1.807, 2.05) is 11.3 Å². The minimum atomic E-state index is 0.783. The molecule has 0 bridgehead atoms. The first-order chi connectivity index (χ1) is 10.4. The van der Waals surface area contributed by atoms with Crippen molar-refractivity contribution in [3.05, 3.63) is 21.5 Å². The average Bonchev–Trinajstić information content (AvgIpc) is 3.12. The molecule has 1 N–H and O–H groups in total. The fraction of sp³-hybridized carbons (Fsp3) is 0.625. The molecule has 1 fully saturated rings. The van der Waals surface area contributed by atoms with Crippen LogP contribution in [0.4, 0.5) is 0 Å². The molecule has 3 nitrogen and oxygen atoms in total. The Bertz CT molecular complexity index is 589. The van der Waals surface area contributed by atoms with E-state index >= 15 is 0 Å². The Kier molecular flexibility index (Phi) is 4.05. The molecule has 2 aromatic heterocycles. The monoisotopic (exact) mass is 319 g/mol. The van der Waals surface area contributed by atoms with Gasteiger partial charge in [-0.1, -0.05) is 17.8 Å². The van der Waals surface area contributed by atoms with Crippen LogP contribution in [0.1, 0.15) is 47.6 Å². The molecule has 2 aliphatic carbocycles. The highest BCUT2D eigenvalue weighted by Gasteiger charge is 2.20. The normalized spacial score (nSPS) is 18.5. The summed E-state index contributed by atoms with van der Waals surface area (Å²) in [5, 5.41) is 14.6. The number of rotatable bonds is 5. The predicted molar refractivity (Wildman–Crippen MR) is 89.2 cm³/mol. The van der Waals surface area contributed by atoms with Gasteiger partial charge in [-0.05, 0) is 50.2 Å². The summed E-state index contributed by atoms with van der Waals surface area (Å²) in [5.74, 6) is 0. The van der Waals surface area contributed by atoms with Gasteiger partial charge in [0.1, 0.15) is 5.01 Å². The number of nitrogens with one attached hydrogen (secondary N) is 1. The third-order valence-corrected chi connectivity index (χ3v) is 6.66. The van der Waals surface area contributed by atoms with E-state index in [1.54, 1.807) is 21.8 Å². The SMILES string of the molecule is c1c(-c2nnc(CCNC3CC3)s2)sc2c1CCCCC2.